The first kappa shape index (κ1) is 27.2. The Labute approximate surface area is 238 Å². The van der Waals surface area contributed by atoms with Crippen molar-refractivity contribution >= 4 is 32.7 Å². The number of pyridine rings is 1. The number of rotatable bonds is 10. The number of nitrogens with one attached hydrogen (secondary N) is 3. The lowest BCUT2D eigenvalue weighted by Crippen LogP contribution is -2.55. The lowest BCUT2D eigenvalue weighted by atomic mass is 10.1. The third kappa shape index (κ3) is 5.39. The molecule has 6 rings (SSSR count). The van der Waals surface area contributed by atoms with E-state index in [-0.39, 0.29) is 17.9 Å². The normalized spacial score (nSPS) is 25.3. The predicted molar refractivity (Wildman–Crippen MR) is 154 cm³/mol. The second-order valence-electron chi connectivity index (χ2n) is 10.9. The molecule has 4 atom stereocenters. The summed E-state index contributed by atoms with van der Waals surface area (Å²) < 4.78 is 38.7. The quantitative estimate of drug-likeness (QED) is 0.314. The molecule has 1 aliphatic heterocycles. The zero-order valence-electron chi connectivity index (χ0n) is 22.6. The largest absolute Gasteiger partial charge is 0.497 e. The van der Waals surface area contributed by atoms with Gasteiger partial charge in [0.2, 0.25) is 15.9 Å². The molecule has 41 heavy (non-hydrogen) atoms. The molecule has 3 unspecified atom stereocenters. The molecule has 0 bridgehead atoms. The lowest BCUT2D eigenvalue weighted by molar-refractivity contribution is -0.130. The van der Waals surface area contributed by atoms with Crippen LogP contribution in [0.2, 0.25) is 0 Å². The van der Waals surface area contributed by atoms with Gasteiger partial charge >= 0.3 is 0 Å². The monoisotopic (exact) mass is 576 g/mol. The van der Waals surface area contributed by atoms with E-state index in [1.165, 1.54) is 0 Å². The number of fused-ring (bicyclic) bond motifs is 1. The number of amides is 2. The van der Waals surface area contributed by atoms with Crippen molar-refractivity contribution in [2.75, 3.05) is 13.7 Å². The van der Waals surface area contributed by atoms with Crippen molar-refractivity contribution in [2.45, 2.75) is 48.6 Å². The van der Waals surface area contributed by atoms with Crippen molar-refractivity contribution in [1.82, 2.24) is 20.3 Å². The molecule has 1 aromatic heterocycles. The van der Waals surface area contributed by atoms with Gasteiger partial charge in [-0.1, -0.05) is 36.4 Å². The third-order valence-corrected chi connectivity index (χ3v) is 9.82. The first-order chi connectivity index (χ1) is 19.7. The number of methoxy groups -OCH3 is 1. The van der Waals surface area contributed by atoms with E-state index in [0.29, 0.717) is 43.7 Å². The SMILES string of the molecule is C=CC1C[C@]1(NC(=O)C1CC(Oc2cc(-c3ccccc3)nc3cc(OC)ccc23)CN1)C(=O)NS(=O)(=O)C1CC1. The number of carbonyl (C=O) groups excluding carboxylic acids is 2. The molecule has 0 radical (unpaired) electrons. The van der Waals surface area contributed by atoms with Crippen molar-refractivity contribution < 1.29 is 27.5 Å². The summed E-state index contributed by atoms with van der Waals surface area (Å²) in [6, 6.07) is 16.7. The second kappa shape index (κ2) is 10.5. The van der Waals surface area contributed by atoms with Gasteiger partial charge in [0, 0.05) is 42.0 Å². The van der Waals surface area contributed by atoms with Crippen LogP contribution in [0.5, 0.6) is 11.5 Å². The van der Waals surface area contributed by atoms with E-state index in [0.717, 1.165) is 22.2 Å². The van der Waals surface area contributed by atoms with Crippen LogP contribution in [0.1, 0.15) is 25.7 Å². The van der Waals surface area contributed by atoms with Gasteiger partial charge in [-0.3, -0.25) is 14.3 Å². The molecular weight excluding hydrogens is 544 g/mol. The van der Waals surface area contributed by atoms with E-state index in [9.17, 15) is 18.0 Å². The van der Waals surface area contributed by atoms with Gasteiger partial charge in [-0.15, -0.1) is 6.58 Å². The van der Waals surface area contributed by atoms with E-state index in [4.69, 9.17) is 14.5 Å². The standard InChI is InChI=1S/C30H32N4O6S/c1-3-19-16-30(19,29(36)34-41(37,38)22-10-11-22)33-28(35)26-14-21(17-31-26)40-27-15-24(18-7-5-4-6-8-18)32-25-13-20(39-2)9-12-23(25)27/h3-9,12-13,15,19,21-22,26,31H,1,10-11,14,16-17H2,2H3,(H,33,35)(H,34,36)/t19?,21?,26?,30-/m1/s1. The fourth-order valence-electron chi connectivity index (χ4n) is 5.35. The van der Waals surface area contributed by atoms with E-state index in [2.05, 4.69) is 21.9 Å². The average Bonchev–Trinajstić information content (AvgIpc) is 3.90. The number of aromatic nitrogens is 1. The van der Waals surface area contributed by atoms with E-state index >= 15 is 0 Å². The molecule has 3 aromatic rings. The Bertz CT molecular complexity index is 1620. The summed E-state index contributed by atoms with van der Waals surface area (Å²) in [6.07, 6.45) is 2.99. The molecule has 2 aromatic carbocycles. The number of hydrogen-bond donors (Lipinski definition) is 3. The molecular formula is C30H32N4O6S. The molecule has 11 heteroatoms. The molecule has 2 saturated carbocycles. The Morgan fingerprint density at radius 1 is 1.15 bits per heavy atom. The van der Waals surface area contributed by atoms with Gasteiger partial charge in [0.15, 0.2) is 0 Å². The molecule has 10 nitrogen and oxygen atoms in total. The Morgan fingerprint density at radius 2 is 1.93 bits per heavy atom. The summed E-state index contributed by atoms with van der Waals surface area (Å²) in [5.74, 6) is -0.110. The van der Waals surface area contributed by atoms with Crippen LogP contribution in [0, 0.1) is 5.92 Å². The summed E-state index contributed by atoms with van der Waals surface area (Å²) in [5.41, 5.74) is 1.10. The van der Waals surface area contributed by atoms with Crippen LogP contribution >= 0.6 is 0 Å². The summed E-state index contributed by atoms with van der Waals surface area (Å²) in [4.78, 5) is 31.1. The number of carbonyl (C=O) groups is 2. The van der Waals surface area contributed by atoms with Crippen molar-refractivity contribution in [2.24, 2.45) is 5.92 Å². The minimum absolute atomic E-state index is 0.301. The second-order valence-corrected chi connectivity index (χ2v) is 12.8. The predicted octanol–water partition coefficient (Wildman–Crippen LogP) is 2.69. The van der Waals surface area contributed by atoms with Gasteiger partial charge in [0.25, 0.3) is 5.91 Å². The van der Waals surface area contributed by atoms with E-state index in [1.54, 1.807) is 13.2 Å². The average molecular weight is 577 g/mol. The Balaban J connectivity index is 1.17. The van der Waals surface area contributed by atoms with Gasteiger partial charge < -0.3 is 20.1 Å². The summed E-state index contributed by atoms with van der Waals surface area (Å²) in [7, 11) is -2.13. The van der Waals surface area contributed by atoms with E-state index < -0.39 is 32.8 Å². The Hall–Kier alpha value is -3.96. The van der Waals surface area contributed by atoms with Crippen molar-refractivity contribution in [3.8, 4) is 22.8 Å². The smallest absolute Gasteiger partial charge is 0.259 e. The van der Waals surface area contributed by atoms with Gasteiger partial charge in [-0.25, -0.2) is 13.4 Å². The first-order valence-corrected chi connectivity index (χ1v) is 15.2. The summed E-state index contributed by atoms with van der Waals surface area (Å²) >= 11 is 0. The molecule has 3 aliphatic rings. The molecule has 2 heterocycles. The first-order valence-electron chi connectivity index (χ1n) is 13.7. The third-order valence-electron chi connectivity index (χ3n) is 8.00. The highest BCUT2D eigenvalue weighted by Gasteiger charge is 2.61. The highest BCUT2D eigenvalue weighted by Crippen LogP contribution is 2.45. The van der Waals surface area contributed by atoms with Crippen LogP contribution in [-0.4, -0.2) is 61.8 Å². The number of benzene rings is 2. The fraction of sp³-hybridized carbons (Fsp3) is 0.367. The number of ether oxygens (including phenoxy) is 2. The zero-order chi connectivity index (χ0) is 28.8. The van der Waals surface area contributed by atoms with Crippen LogP contribution in [0.15, 0.2) is 67.3 Å². The van der Waals surface area contributed by atoms with E-state index in [1.807, 2.05) is 54.6 Å². The van der Waals surface area contributed by atoms with Gasteiger partial charge in [-0.2, -0.15) is 0 Å². The minimum atomic E-state index is -3.74. The maximum atomic E-state index is 13.3. The Kier molecular flexibility index (Phi) is 6.95. The van der Waals surface area contributed by atoms with Crippen LogP contribution in [0.25, 0.3) is 22.2 Å². The van der Waals surface area contributed by atoms with Crippen LogP contribution in [0.4, 0.5) is 0 Å². The number of hydrogen-bond acceptors (Lipinski definition) is 8. The Morgan fingerprint density at radius 3 is 2.61 bits per heavy atom. The molecule has 3 fully saturated rings. The lowest BCUT2D eigenvalue weighted by Gasteiger charge is -2.21. The maximum absolute atomic E-state index is 13.3. The fourth-order valence-corrected chi connectivity index (χ4v) is 6.72. The molecule has 214 valence electrons. The zero-order valence-corrected chi connectivity index (χ0v) is 23.4. The number of sulfonamides is 1. The maximum Gasteiger partial charge on any atom is 0.259 e. The van der Waals surface area contributed by atoms with Gasteiger partial charge in [0.1, 0.15) is 23.1 Å². The molecule has 1 saturated heterocycles. The minimum Gasteiger partial charge on any atom is -0.497 e. The van der Waals surface area contributed by atoms with Gasteiger partial charge in [-0.05, 0) is 31.4 Å². The molecule has 2 aliphatic carbocycles. The van der Waals surface area contributed by atoms with Crippen LogP contribution in [-0.2, 0) is 19.6 Å². The van der Waals surface area contributed by atoms with Crippen molar-refractivity contribution in [3.05, 3.63) is 67.3 Å². The highest BCUT2D eigenvalue weighted by atomic mass is 32.2. The summed E-state index contributed by atoms with van der Waals surface area (Å²) in [6.45, 7) is 4.16. The number of nitrogens with zero attached hydrogens (tertiary/aromatic N) is 1. The molecule has 3 N–H and O–H groups in total. The highest BCUT2D eigenvalue weighted by molar-refractivity contribution is 7.91. The van der Waals surface area contributed by atoms with Crippen molar-refractivity contribution in [3.63, 3.8) is 0 Å². The van der Waals surface area contributed by atoms with Gasteiger partial charge in [0.05, 0.1) is 29.6 Å². The molecule has 0 spiro atoms. The van der Waals surface area contributed by atoms with Crippen LogP contribution < -0.4 is 24.8 Å². The topological polar surface area (TPSA) is 136 Å². The van der Waals surface area contributed by atoms with Crippen LogP contribution in [0.3, 0.4) is 0 Å². The summed E-state index contributed by atoms with van der Waals surface area (Å²) in [5, 5.41) is 6.29. The molecule has 2 amide bonds. The van der Waals surface area contributed by atoms with Crippen molar-refractivity contribution in [1.29, 1.82) is 0 Å².